The van der Waals surface area contributed by atoms with Gasteiger partial charge in [0.1, 0.15) is 5.01 Å². The minimum atomic E-state index is 0.144. The summed E-state index contributed by atoms with van der Waals surface area (Å²) in [5.74, 6) is 0. The van der Waals surface area contributed by atoms with Crippen molar-refractivity contribution in [3.63, 3.8) is 0 Å². The molecule has 2 nitrogen and oxygen atoms in total. The van der Waals surface area contributed by atoms with Crippen molar-refractivity contribution in [2.24, 2.45) is 5.73 Å². The fourth-order valence-corrected chi connectivity index (χ4v) is 4.03. The quantitative estimate of drug-likeness (QED) is 0.824. The second-order valence-electron chi connectivity index (χ2n) is 4.45. The largest absolute Gasteiger partial charge is 0.323 e. The summed E-state index contributed by atoms with van der Waals surface area (Å²) in [5.41, 5.74) is 8.28. The monoisotopic (exact) mass is 342 g/mol. The van der Waals surface area contributed by atoms with Gasteiger partial charge in [0.05, 0.1) is 10.7 Å². The summed E-state index contributed by atoms with van der Waals surface area (Å²) >= 11 is 11.4. The van der Waals surface area contributed by atoms with Crippen molar-refractivity contribution >= 4 is 38.9 Å². The number of rotatable bonds is 1. The number of halogens is 2. The molecule has 1 unspecified atom stereocenters. The van der Waals surface area contributed by atoms with E-state index in [-0.39, 0.29) is 6.04 Å². The number of nitrogens with zero attached hydrogens (tertiary/aromatic N) is 1. The third kappa shape index (κ3) is 2.23. The zero-order chi connectivity index (χ0) is 12.7. The van der Waals surface area contributed by atoms with Gasteiger partial charge in [-0.05, 0) is 37.5 Å². The molecule has 0 saturated heterocycles. The summed E-state index contributed by atoms with van der Waals surface area (Å²) in [5, 5.41) is 1.71. The van der Waals surface area contributed by atoms with Crippen LogP contribution < -0.4 is 5.73 Å². The molecule has 3 rings (SSSR count). The van der Waals surface area contributed by atoms with Gasteiger partial charge in [-0.3, -0.25) is 0 Å². The first kappa shape index (κ1) is 12.6. The maximum Gasteiger partial charge on any atom is 0.125 e. The highest BCUT2D eigenvalue weighted by Crippen LogP contribution is 2.39. The number of hydrogen-bond donors (Lipinski definition) is 1. The van der Waals surface area contributed by atoms with E-state index in [0.29, 0.717) is 0 Å². The van der Waals surface area contributed by atoms with Crippen LogP contribution in [0.5, 0.6) is 0 Å². The fourth-order valence-electron chi connectivity index (χ4n) is 2.23. The number of nitrogens with two attached hydrogens (primary N) is 1. The van der Waals surface area contributed by atoms with Gasteiger partial charge in [0.2, 0.25) is 0 Å². The predicted molar refractivity (Wildman–Crippen MR) is 80.1 cm³/mol. The number of benzene rings is 1. The standard InChI is InChI=1S/C13H12BrClN2S/c14-7-4-5-9(15)8(6-7)13-17-11-3-1-2-10(16)12(11)18-13/h4-6,10H,1-3,16H2. The van der Waals surface area contributed by atoms with Crippen LogP contribution in [0.1, 0.15) is 29.5 Å². The Morgan fingerprint density at radius 3 is 3.06 bits per heavy atom. The average molecular weight is 344 g/mol. The third-order valence-electron chi connectivity index (χ3n) is 3.15. The molecular weight excluding hydrogens is 332 g/mol. The zero-order valence-corrected chi connectivity index (χ0v) is 12.8. The first-order chi connectivity index (χ1) is 8.65. The number of aryl methyl sites for hydroxylation is 1. The molecule has 0 amide bonds. The minimum absolute atomic E-state index is 0.144. The molecule has 1 atom stereocenters. The van der Waals surface area contributed by atoms with Crippen LogP contribution in [0.3, 0.4) is 0 Å². The Kier molecular flexibility index (Phi) is 3.45. The van der Waals surface area contributed by atoms with E-state index in [2.05, 4.69) is 15.9 Å². The van der Waals surface area contributed by atoms with E-state index < -0.39 is 0 Å². The Bertz CT molecular complexity index is 597. The summed E-state index contributed by atoms with van der Waals surface area (Å²) in [7, 11) is 0. The minimum Gasteiger partial charge on any atom is -0.323 e. The van der Waals surface area contributed by atoms with Crippen molar-refractivity contribution in [2.75, 3.05) is 0 Å². The fraction of sp³-hybridized carbons (Fsp3) is 0.308. The molecular formula is C13H12BrClN2S. The van der Waals surface area contributed by atoms with E-state index >= 15 is 0 Å². The van der Waals surface area contributed by atoms with Gasteiger partial charge < -0.3 is 5.73 Å². The highest BCUT2D eigenvalue weighted by molar-refractivity contribution is 9.10. The van der Waals surface area contributed by atoms with E-state index in [1.54, 1.807) is 11.3 Å². The van der Waals surface area contributed by atoms with Gasteiger partial charge in [0.15, 0.2) is 0 Å². The van der Waals surface area contributed by atoms with Crippen molar-refractivity contribution < 1.29 is 0 Å². The summed E-state index contributed by atoms with van der Waals surface area (Å²) < 4.78 is 1.01. The van der Waals surface area contributed by atoms with Crippen LogP contribution in [0.2, 0.25) is 5.02 Å². The lowest BCUT2D eigenvalue weighted by atomic mass is 9.99. The topological polar surface area (TPSA) is 38.9 Å². The van der Waals surface area contributed by atoms with Gasteiger partial charge in [-0.1, -0.05) is 27.5 Å². The average Bonchev–Trinajstić information content (AvgIpc) is 2.77. The second-order valence-corrected chi connectivity index (χ2v) is 6.81. The van der Waals surface area contributed by atoms with E-state index in [4.69, 9.17) is 22.3 Å². The van der Waals surface area contributed by atoms with Crippen molar-refractivity contribution in [1.82, 2.24) is 4.98 Å². The lowest BCUT2D eigenvalue weighted by molar-refractivity contribution is 0.573. The van der Waals surface area contributed by atoms with Crippen molar-refractivity contribution in [3.05, 3.63) is 38.3 Å². The molecule has 1 aliphatic rings. The Hall–Kier alpha value is -0.420. The van der Waals surface area contributed by atoms with Crippen LogP contribution in [0, 0.1) is 0 Å². The molecule has 1 aromatic carbocycles. The molecule has 0 bridgehead atoms. The normalized spacial score (nSPS) is 18.7. The Morgan fingerprint density at radius 2 is 2.28 bits per heavy atom. The highest BCUT2D eigenvalue weighted by Gasteiger charge is 2.22. The van der Waals surface area contributed by atoms with E-state index in [1.165, 1.54) is 4.88 Å². The third-order valence-corrected chi connectivity index (χ3v) is 5.24. The Balaban J connectivity index is 2.10. The van der Waals surface area contributed by atoms with Crippen LogP contribution in [-0.2, 0) is 6.42 Å². The van der Waals surface area contributed by atoms with Crippen molar-refractivity contribution in [2.45, 2.75) is 25.3 Å². The number of thiazole rings is 1. The molecule has 2 N–H and O–H groups in total. The van der Waals surface area contributed by atoms with E-state index in [9.17, 15) is 0 Å². The molecule has 18 heavy (non-hydrogen) atoms. The van der Waals surface area contributed by atoms with Gasteiger partial charge in [0.25, 0.3) is 0 Å². The zero-order valence-electron chi connectivity index (χ0n) is 9.62. The van der Waals surface area contributed by atoms with Crippen molar-refractivity contribution in [1.29, 1.82) is 0 Å². The highest BCUT2D eigenvalue weighted by atomic mass is 79.9. The van der Waals surface area contributed by atoms with Gasteiger partial charge >= 0.3 is 0 Å². The van der Waals surface area contributed by atoms with Crippen LogP contribution in [0.4, 0.5) is 0 Å². The molecule has 2 aromatic rings. The summed E-state index contributed by atoms with van der Waals surface area (Å²) in [6.45, 7) is 0. The van der Waals surface area contributed by atoms with E-state index in [1.807, 2.05) is 18.2 Å². The molecule has 0 saturated carbocycles. The first-order valence-electron chi connectivity index (χ1n) is 5.86. The Labute approximate surface area is 123 Å². The van der Waals surface area contributed by atoms with Gasteiger partial charge in [-0.15, -0.1) is 11.3 Å². The molecule has 94 valence electrons. The lowest BCUT2D eigenvalue weighted by Crippen LogP contribution is -2.15. The molecule has 0 spiro atoms. The van der Waals surface area contributed by atoms with Gasteiger partial charge in [-0.2, -0.15) is 0 Å². The molecule has 0 radical (unpaired) electrons. The lowest BCUT2D eigenvalue weighted by Gasteiger charge is -2.15. The van der Waals surface area contributed by atoms with Crippen LogP contribution in [0.15, 0.2) is 22.7 Å². The maximum atomic E-state index is 6.25. The second kappa shape index (κ2) is 4.93. The van der Waals surface area contributed by atoms with Crippen LogP contribution in [0.25, 0.3) is 10.6 Å². The predicted octanol–water partition coefficient (Wildman–Crippen LogP) is 4.56. The van der Waals surface area contributed by atoms with Crippen LogP contribution >= 0.6 is 38.9 Å². The summed E-state index contributed by atoms with van der Waals surface area (Å²) in [6, 6.07) is 5.98. The number of aromatic nitrogens is 1. The summed E-state index contributed by atoms with van der Waals surface area (Å²) in [4.78, 5) is 5.94. The summed E-state index contributed by atoms with van der Waals surface area (Å²) in [6.07, 6.45) is 3.22. The molecule has 1 aliphatic carbocycles. The number of hydrogen-bond acceptors (Lipinski definition) is 3. The molecule has 1 aromatic heterocycles. The number of fused-ring (bicyclic) bond motifs is 1. The Morgan fingerprint density at radius 1 is 1.44 bits per heavy atom. The smallest absolute Gasteiger partial charge is 0.125 e. The van der Waals surface area contributed by atoms with Gasteiger partial charge in [-0.25, -0.2) is 4.98 Å². The first-order valence-corrected chi connectivity index (χ1v) is 7.84. The SMILES string of the molecule is NC1CCCc2nc(-c3cc(Br)ccc3Cl)sc21. The van der Waals surface area contributed by atoms with Crippen molar-refractivity contribution in [3.8, 4) is 10.6 Å². The maximum absolute atomic E-state index is 6.25. The molecule has 1 heterocycles. The molecule has 5 heteroatoms. The molecule has 0 fully saturated rings. The molecule has 0 aliphatic heterocycles. The van der Waals surface area contributed by atoms with Gasteiger partial charge in [0, 0.05) is 21.0 Å². The van der Waals surface area contributed by atoms with E-state index in [0.717, 1.165) is 45.0 Å². The van der Waals surface area contributed by atoms with Crippen LogP contribution in [-0.4, -0.2) is 4.98 Å².